The van der Waals surface area contributed by atoms with Crippen molar-refractivity contribution in [3.05, 3.63) is 28.3 Å². The van der Waals surface area contributed by atoms with Gasteiger partial charge in [-0.2, -0.15) is 4.98 Å². The summed E-state index contributed by atoms with van der Waals surface area (Å²) in [7, 11) is 1.20. The number of methoxy groups -OCH3 is 1. The maximum Gasteiger partial charge on any atom is 0.351 e. The molecule has 2 heterocycles. The number of nitrogens with two attached hydrogens (primary N) is 1. The molecule has 1 aromatic heterocycles. The fourth-order valence-corrected chi connectivity index (χ4v) is 2.14. The van der Waals surface area contributed by atoms with Gasteiger partial charge in [0.1, 0.15) is 24.1 Å². The van der Waals surface area contributed by atoms with Crippen LogP contribution in [0.3, 0.4) is 0 Å². The van der Waals surface area contributed by atoms with Gasteiger partial charge in [-0.15, -0.1) is 0 Å². The molecule has 1 aliphatic heterocycles. The van der Waals surface area contributed by atoms with E-state index in [9.17, 15) is 19.8 Å². The van der Waals surface area contributed by atoms with Crippen molar-refractivity contribution in [1.82, 2.24) is 9.55 Å². The first kappa shape index (κ1) is 17.1. The van der Waals surface area contributed by atoms with Gasteiger partial charge in [0.05, 0.1) is 13.7 Å². The van der Waals surface area contributed by atoms with Crippen LogP contribution in [0, 0.1) is 0 Å². The zero-order chi connectivity index (χ0) is 17.1. The lowest BCUT2D eigenvalue weighted by Crippen LogP contribution is -2.36. The van der Waals surface area contributed by atoms with Crippen LogP contribution in [-0.2, 0) is 14.3 Å². The Morgan fingerprint density at radius 3 is 2.78 bits per heavy atom. The highest BCUT2D eigenvalue weighted by molar-refractivity contribution is 5.87. The number of carbonyl (C=O) groups is 1. The summed E-state index contributed by atoms with van der Waals surface area (Å²) in [5, 5.41) is 28.8. The minimum Gasteiger partial charge on any atom is -0.466 e. The van der Waals surface area contributed by atoms with Crippen LogP contribution in [0.25, 0.3) is 6.08 Å². The zero-order valence-electron chi connectivity index (χ0n) is 12.2. The Morgan fingerprint density at radius 1 is 1.52 bits per heavy atom. The zero-order valence-corrected chi connectivity index (χ0v) is 12.2. The first-order valence-electron chi connectivity index (χ1n) is 6.66. The largest absolute Gasteiger partial charge is 0.466 e. The molecule has 1 saturated heterocycles. The van der Waals surface area contributed by atoms with Crippen LogP contribution in [-0.4, -0.2) is 62.9 Å². The molecule has 0 amide bonds. The Morgan fingerprint density at radius 2 is 2.22 bits per heavy atom. The fourth-order valence-electron chi connectivity index (χ4n) is 2.14. The maximum absolute atomic E-state index is 11.9. The van der Waals surface area contributed by atoms with Gasteiger partial charge in [0, 0.05) is 17.8 Å². The van der Waals surface area contributed by atoms with E-state index in [0.29, 0.717) is 0 Å². The molecule has 2 rings (SSSR count). The summed E-state index contributed by atoms with van der Waals surface area (Å²) in [6.07, 6.45) is -1.48. The third kappa shape index (κ3) is 3.40. The van der Waals surface area contributed by atoms with E-state index in [1.54, 1.807) is 0 Å². The molecule has 1 fully saturated rings. The summed E-state index contributed by atoms with van der Waals surface area (Å²) in [5.41, 5.74) is 5.01. The molecule has 0 saturated carbocycles. The molecule has 4 atom stereocenters. The van der Waals surface area contributed by atoms with Crippen molar-refractivity contribution in [1.29, 1.82) is 0 Å². The second kappa shape index (κ2) is 6.87. The van der Waals surface area contributed by atoms with Gasteiger partial charge < -0.3 is 30.5 Å². The fraction of sp³-hybridized carbons (Fsp3) is 0.462. The van der Waals surface area contributed by atoms with E-state index < -0.39 is 42.8 Å². The van der Waals surface area contributed by atoms with Crippen LogP contribution in [0.5, 0.6) is 0 Å². The SMILES string of the molecule is COC(=O)C=Cc1cn([C@@H]2O[C@H](CO)C(O)C2O)c(=O)nc1N. The molecule has 2 unspecified atom stereocenters. The summed E-state index contributed by atoms with van der Waals surface area (Å²) >= 11 is 0. The standard InChI is InChI=1S/C13H17N3O7/c1-22-8(18)3-2-6-4-16(13(21)15-11(6)14)12-10(20)9(19)7(5-17)23-12/h2-4,7,9-10,12,17,19-20H,5H2,1H3,(H2,14,15,21)/t7-,9?,10?,12-/m1/s1. The van der Waals surface area contributed by atoms with Crippen LogP contribution in [0.4, 0.5) is 5.82 Å². The van der Waals surface area contributed by atoms with Gasteiger partial charge in [-0.05, 0) is 6.08 Å². The second-order valence-corrected chi connectivity index (χ2v) is 4.86. The molecule has 10 nitrogen and oxygen atoms in total. The van der Waals surface area contributed by atoms with Gasteiger partial charge >= 0.3 is 11.7 Å². The summed E-state index contributed by atoms with van der Waals surface area (Å²) in [6.45, 7) is -0.527. The average Bonchev–Trinajstić information content (AvgIpc) is 2.81. The first-order valence-corrected chi connectivity index (χ1v) is 6.66. The molecule has 0 aliphatic carbocycles. The number of anilines is 1. The number of nitrogen functional groups attached to an aromatic ring is 1. The highest BCUT2D eigenvalue weighted by Crippen LogP contribution is 2.28. The molecule has 0 bridgehead atoms. The Balaban J connectivity index is 2.38. The molecular formula is C13H17N3O7. The van der Waals surface area contributed by atoms with Crippen LogP contribution in [0.15, 0.2) is 17.1 Å². The second-order valence-electron chi connectivity index (χ2n) is 4.86. The summed E-state index contributed by atoms with van der Waals surface area (Å²) < 4.78 is 10.6. The highest BCUT2D eigenvalue weighted by atomic mass is 16.6. The quantitative estimate of drug-likeness (QED) is 0.350. The topological polar surface area (TPSA) is 157 Å². The molecule has 23 heavy (non-hydrogen) atoms. The Kier molecular flexibility index (Phi) is 5.11. The van der Waals surface area contributed by atoms with Crippen molar-refractivity contribution in [3.8, 4) is 0 Å². The van der Waals surface area contributed by atoms with E-state index in [1.165, 1.54) is 19.4 Å². The lowest BCUT2D eigenvalue weighted by molar-refractivity contribution is -0.134. The summed E-state index contributed by atoms with van der Waals surface area (Å²) in [5.74, 6) is -0.756. The number of hydrogen-bond acceptors (Lipinski definition) is 9. The van der Waals surface area contributed by atoms with E-state index in [0.717, 1.165) is 10.6 Å². The minimum atomic E-state index is -1.44. The van der Waals surface area contributed by atoms with Crippen molar-refractivity contribution in [2.45, 2.75) is 24.5 Å². The molecule has 126 valence electrons. The molecule has 1 aromatic rings. The minimum absolute atomic E-state index is 0.127. The molecule has 0 aromatic carbocycles. The predicted molar refractivity (Wildman–Crippen MR) is 77.0 cm³/mol. The van der Waals surface area contributed by atoms with E-state index >= 15 is 0 Å². The number of nitrogens with zero attached hydrogens (tertiary/aromatic N) is 2. The smallest absolute Gasteiger partial charge is 0.351 e. The third-order valence-electron chi connectivity index (χ3n) is 3.40. The van der Waals surface area contributed by atoms with Gasteiger partial charge in [0.15, 0.2) is 6.23 Å². The normalized spacial score (nSPS) is 27.5. The van der Waals surface area contributed by atoms with Gasteiger partial charge in [-0.3, -0.25) is 4.57 Å². The van der Waals surface area contributed by atoms with Crippen molar-refractivity contribution >= 4 is 17.9 Å². The number of aliphatic hydroxyl groups is 3. The summed E-state index contributed by atoms with van der Waals surface area (Å²) in [4.78, 5) is 26.6. The van der Waals surface area contributed by atoms with Gasteiger partial charge in [0.2, 0.25) is 0 Å². The Hall–Kier alpha value is -2.27. The van der Waals surface area contributed by atoms with Gasteiger partial charge in [-0.25, -0.2) is 9.59 Å². The number of rotatable bonds is 4. The van der Waals surface area contributed by atoms with Crippen molar-refractivity contribution in [3.63, 3.8) is 0 Å². The van der Waals surface area contributed by atoms with Crippen LogP contribution >= 0.6 is 0 Å². The van der Waals surface area contributed by atoms with Crippen LogP contribution in [0.2, 0.25) is 0 Å². The van der Waals surface area contributed by atoms with Gasteiger partial charge in [-0.1, -0.05) is 0 Å². The molecule has 0 radical (unpaired) electrons. The van der Waals surface area contributed by atoms with Crippen LogP contribution < -0.4 is 11.4 Å². The molecule has 10 heteroatoms. The molecule has 1 aliphatic rings. The van der Waals surface area contributed by atoms with Gasteiger partial charge in [0.25, 0.3) is 0 Å². The molecular weight excluding hydrogens is 310 g/mol. The number of aliphatic hydroxyl groups excluding tert-OH is 3. The number of hydrogen-bond donors (Lipinski definition) is 4. The lowest BCUT2D eigenvalue weighted by atomic mass is 10.1. The van der Waals surface area contributed by atoms with Crippen molar-refractivity contribution < 1.29 is 29.6 Å². The maximum atomic E-state index is 11.9. The summed E-state index contributed by atoms with van der Waals surface area (Å²) in [6, 6.07) is 0. The van der Waals surface area contributed by atoms with E-state index in [1.807, 2.05) is 0 Å². The van der Waals surface area contributed by atoms with Crippen molar-refractivity contribution in [2.24, 2.45) is 0 Å². The Bertz CT molecular complexity index is 672. The lowest BCUT2D eigenvalue weighted by Gasteiger charge is -2.18. The van der Waals surface area contributed by atoms with E-state index in [2.05, 4.69) is 9.72 Å². The van der Waals surface area contributed by atoms with E-state index in [4.69, 9.17) is 15.6 Å². The first-order chi connectivity index (χ1) is 10.9. The van der Waals surface area contributed by atoms with Crippen molar-refractivity contribution in [2.75, 3.05) is 19.5 Å². The third-order valence-corrected chi connectivity index (χ3v) is 3.40. The molecule has 5 N–H and O–H groups in total. The highest BCUT2D eigenvalue weighted by Gasteiger charge is 2.43. The number of carbonyl (C=O) groups excluding carboxylic acids is 1. The molecule has 0 spiro atoms. The number of esters is 1. The monoisotopic (exact) mass is 327 g/mol. The predicted octanol–water partition coefficient (Wildman–Crippen LogP) is -2.38. The van der Waals surface area contributed by atoms with Crippen LogP contribution in [0.1, 0.15) is 11.8 Å². The number of ether oxygens (including phenoxy) is 2. The Labute approximate surface area is 130 Å². The number of aromatic nitrogens is 2. The van der Waals surface area contributed by atoms with E-state index in [-0.39, 0.29) is 11.4 Å². The average molecular weight is 327 g/mol.